The van der Waals surface area contributed by atoms with Crippen LogP contribution in [0.5, 0.6) is 5.75 Å². The molecule has 2 N–H and O–H groups in total. The highest BCUT2D eigenvalue weighted by Gasteiger charge is 2.21. The molecule has 1 heterocycles. The van der Waals surface area contributed by atoms with Gasteiger partial charge in [0.2, 0.25) is 0 Å². The minimum atomic E-state index is -0.321. The van der Waals surface area contributed by atoms with E-state index >= 15 is 0 Å². The minimum absolute atomic E-state index is 0.0200. The average Bonchev–Trinajstić information content (AvgIpc) is 2.90. The summed E-state index contributed by atoms with van der Waals surface area (Å²) in [4.78, 5) is 27.4. The van der Waals surface area contributed by atoms with E-state index < -0.39 is 0 Å². The van der Waals surface area contributed by atoms with Crippen molar-refractivity contribution in [1.82, 2.24) is 10.2 Å². The van der Waals surface area contributed by atoms with Crippen molar-refractivity contribution in [2.45, 2.75) is 26.2 Å². The molecule has 36 heavy (non-hydrogen) atoms. The van der Waals surface area contributed by atoms with E-state index in [4.69, 9.17) is 17.0 Å². The molecule has 0 atom stereocenters. The van der Waals surface area contributed by atoms with Crippen molar-refractivity contribution >= 4 is 34.8 Å². The quantitative estimate of drug-likeness (QED) is 0.430. The zero-order chi connectivity index (χ0) is 25.3. The Labute approximate surface area is 217 Å². The predicted octanol–water partition coefficient (Wildman–Crippen LogP) is 5.31. The minimum Gasteiger partial charge on any atom is -0.493 e. The zero-order valence-electron chi connectivity index (χ0n) is 20.4. The number of thiocarbonyl (C=S) groups is 1. The van der Waals surface area contributed by atoms with Gasteiger partial charge in [0.15, 0.2) is 5.11 Å². The van der Waals surface area contributed by atoms with Crippen molar-refractivity contribution in [2.24, 2.45) is 5.92 Å². The van der Waals surface area contributed by atoms with Gasteiger partial charge in [0.25, 0.3) is 11.8 Å². The maximum atomic E-state index is 12.9. The van der Waals surface area contributed by atoms with E-state index in [-0.39, 0.29) is 16.9 Å². The van der Waals surface area contributed by atoms with Gasteiger partial charge in [-0.2, -0.15) is 0 Å². The lowest BCUT2D eigenvalue weighted by Gasteiger charge is -2.30. The van der Waals surface area contributed by atoms with E-state index in [1.54, 1.807) is 36.4 Å². The zero-order valence-corrected chi connectivity index (χ0v) is 21.2. The molecule has 186 valence electrons. The fourth-order valence-corrected chi connectivity index (χ4v) is 4.31. The van der Waals surface area contributed by atoms with Gasteiger partial charge in [0.05, 0.1) is 6.61 Å². The van der Waals surface area contributed by atoms with Crippen molar-refractivity contribution in [3.8, 4) is 5.75 Å². The molecule has 3 aromatic carbocycles. The van der Waals surface area contributed by atoms with E-state index in [9.17, 15) is 9.59 Å². The van der Waals surface area contributed by atoms with Crippen LogP contribution < -0.4 is 15.4 Å². The Morgan fingerprint density at radius 3 is 2.39 bits per heavy atom. The van der Waals surface area contributed by atoms with Crippen LogP contribution in [0.4, 0.5) is 5.69 Å². The summed E-state index contributed by atoms with van der Waals surface area (Å²) in [5, 5.41) is 5.86. The highest BCUT2D eigenvalue weighted by atomic mass is 32.1. The third-order valence-corrected chi connectivity index (χ3v) is 6.49. The summed E-state index contributed by atoms with van der Waals surface area (Å²) >= 11 is 5.33. The number of carbonyl (C=O) groups excluding carboxylic acids is 2. The fraction of sp³-hybridized carbons (Fsp3) is 0.276. The van der Waals surface area contributed by atoms with Crippen LogP contribution in [-0.2, 0) is 6.42 Å². The van der Waals surface area contributed by atoms with Gasteiger partial charge in [-0.05, 0) is 79.0 Å². The summed E-state index contributed by atoms with van der Waals surface area (Å²) < 4.78 is 5.78. The van der Waals surface area contributed by atoms with Gasteiger partial charge in [-0.15, -0.1) is 0 Å². The van der Waals surface area contributed by atoms with E-state index in [1.165, 1.54) is 5.56 Å². The first-order chi connectivity index (χ1) is 17.5. The molecule has 3 aromatic rings. The highest BCUT2D eigenvalue weighted by Crippen LogP contribution is 2.20. The van der Waals surface area contributed by atoms with Gasteiger partial charge >= 0.3 is 0 Å². The highest BCUT2D eigenvalue weighted by molar-refractivity contribution is 7.80. The molecule has 1 fully saturated rings. The largest absolute Gasteiger partial charge is 0.493 e. The van der Waals surface area contributed by atoms with Gasteiger partial charge in [-0.3, -0.25) is 14.9 Å². The molecule has 6 nitrogen and oxygen atoms in total. The third-order valence-electron chi connectivity index (χ3n) is 6.28. The van der Waals surface area contributed by atoms with Crippen LogP contribution >= 0.6 is 12.2 Å². The number of anilines is 1. The summed E-state index contributed by atoms with van der Waals surface area (Å²) in [6.45, 7) is 4.34. The number of amides is 2. The molecular formula is C29H31N3O3S. The Balaban J connectivity index is 1.26. The van der Waals surface area contributed by atoms with Gasteiger partial charge in [-0.1, -0.05) is 43.3 Å². The van der Waals surface area contributed by atoms with Crippen molar-refractivity contribution in [1.29, 1.82) is 0 Å². The summed E-state index contributed by atoms with van der Waals surface area (Å²) in [5.41, 5.74) is 2.94. The second kappa shape index (κ2) is 12.3. The number of likely N-dealkylation sites (tertiary alicyclic amines) is 1. The molecular weight excluding hydrogens is 470 g/mol. The van der Waals surface area contributed by atoms with Gasteiger partial charge in [0, 0.05) is 36.3 Å². The molecule has 1 aliphatic rings. The van der Waals surface area contributed by atoms with Crippen LogP contribution in [0.2, 0.25) is 0 Å². The maximum absolute atomic E-state index is 12.9. The average molecular weight is 502 g/mol. The first-order valence-electron chi connectivity index (χ1n) is 12.3. The molecule has 0 unspecified atom stereocenters. The van der Waals surface area contributed by atoms with Crippen LogP contribution in [0.15, 0.2) is 78.9 Å². The first-order valence-corrected chi connectivity index (χ1v) is 12.7. The van der Waals surface area contributed by atoms with Gasteiger partial charge < -0.3 is 15.0 Å². The lowest BCUT2D eigenvalue weighted by molar-refractivity contribution is 0.0697. The van der Waals surface area contributed by atoms with E-state index in [0.29, 0.717) is 35.1 Å². The molecule has 0 saturated carbocycles. The van der Waals surface area contributed by atoms with Crippen LogP contribution in [0.1, 0.15) is 46.0 Å². The Hall–Kier alpha value is -3.71. The number of rotatable bonds is 7. The number of benzene rings is 3. The Kier molecular flexibility index (Phi) is 8.68. The molecule has 0 aromatic heterocycles. The molecule has 0 spiro atoms. The van der Waals surface area contributed by atoms with Crippen LogP contribution in [0, 0.1) is 5.92 Å². The Morgan fingerprint density at radius 1 is 0.944 bits per heavy atom. The van der Waals surface area contributed by atoms with Crippen LogP contribution in [-0.4, -0.2) is 41.5 Å². The molecule has 1 saturated heterocycles. The molecule has 1 aliphatic heterocycles. The maximum Gasteiger partial charge on any atom is 0.257 e. The topological polar surface area (TPSA) is 70.7 Å². The van der Waals surface area contributed by atoms with Crippen LogP contribution in [0.3, 0.4) is 0 Å². The molecule has 2 amide bonds. The van der Waals surface area contributed by atoms with E-state index in [0.717, 1.165) is 32.4 Å². The Morgan fingerprint density at radius 2 is 1.67 bits per heavy atom. The summed E-state index contributed by atoms with van der Waals surface area (Å²) in [6, 6.07) is 24.3. The predicted molar refractivity (Wildman–Crippen MR) is 147 cm³/mol. The SMILES string of the molecule is CC1CCN(C(=O)c2cccc(NC(=S)NC(=O)c3ccc(OCCc4ccccc4)cc3)c2)CC1. The van der Waals surface area contributed by atoms with Crippen LogP contribution in [0.25, 0.3) is 0 Å². The van der Waals surface area contributed by atoms with E-state index in [2.05, 4.69) is 29.7 Å². The second-order valence-corrected chi connectivity index (χ2v) is 9.48. The summed E-state index contributed by atoms with van der Waals surface area (Å²) in [6.07, 6.45) is 2.87. The lowest BCUT2D eigenvalue weighted by Crippen LogP contribution is -2.38. The summed E-state index contributed by atoms with van der Waals surface area (Å²) in [7, 11) is 0. The van der Waals surface area contributed by atoms with Crippen molar-refractivity contribution in [2.75, 3.05) is 25.0 Å². The van der Waals surface area contributed by atoms with Crippen molar-refractivity contribution in [3.05, 3.63) is 95.6 Å². The molecule has 4 rings (SSSR count). The summed E-state index contributed by atoms with van der Waals surface area (Å²) in [5.74, 6) is 1.06. The number of hydrogen-bond donors (Lipinski definition) is 2. The molecule has 0 aliphatic carbocycles. The second-order valence-electron chi connectivity index (χ2n) is 9.07. The van der Waals surface area contributed by atoms with Crippen molar-refractivity contribution < 1.29 is 14.3 Å². The number of carbonyl (C=O) groups is 2. The van der Waals surface area contributed by atoms with Gasteiger partial charge in [0.1, 0.15) is 5.75 Å². The lowest BCUT2D eigenvalue weighted by atomic mass is 9.98. The van der Waals surface area contributed by atoms with Gasteiger partial charge in [-0.25, -0.2) is 0 Å². The number of hydrogen-bond acceptors (Lipinski definition) is 4. The third kappa shape index (κ3) is 7.15. The monoisotopic (exact) mass is 501 g/mol. The fourth-order valence-electron chi connectivity index (χ4n) is 4.10. The molecule has 0 radical (unpaired) electrons. The van der Waals surface area contributed by atoms with E-state index in [1.807, 2.05) is 35.2 Å². The number of nitrogens with one attached hydrogen (secondary N) is 2. The standard InChI is InChI=1S/C29H31N3O3S/c1-21-14-17-32(18-15-21)28(34)24-8-5-9-25(20-24)30-29(36)31-27(33)23-10-12-26(13-11-23)35-19-16-22-6-3-2-4-7-22/h2-13,20-21H,14-19H2,1H3,(H2,30,31,33,36). The smallest absolute Gasteiger partial charge is 0.257 e. The Bertz CT molecular complexity index is 1190. The first kappa shape index (κ1) is 25.4. The number of ether oxygens (including phenoxy) is 1. The normalized spacial score (nSPS) is 13.6. The number of nitrogens with zero attached hydrogens (tertiary/aromatic N) is 1. The molecule has 7 heteroatoms. The molecule has 0 bridgehead atoms. The van der Waals surface area contributed by atoms with Crippen molar-refractivity contribution in [3.63, 3.8) is 0 Å². The number of piperidine rings is 1.